The standard InChI is InChI=1S/C13H19N3O2/c1-3-12(17)15-10-5-7-11(8-6-10)16-13(18)9-14-4-2/h5-8,14H,3-4,9H2,1-2H3,(H,15,17)(H,16,18). The zero-order chi connectivity index (χ0) is 13.4. The van der Waals surface area contributed by atoms with Crippen LogP contribution in [0.3, 0.4) is 0 Å². The van der Waals surface area contributed by atoms with Crippen LogP contribution >= 0.6 is 0 Å². The lowest BCUT2D eigenvalue weighted by Crippen LogP contribution is -2.27. The maximum Gasteiger partial charge on any atom is 0.238 e. The maximum atomic E-state index is 11.4. The van der Waals surface area contributed by atoms with Crippen LogP contribution in [0.2, 0.25) is 0 Å². The maximum absolute atomic E-state index is 11.4. The third-order valence-corrected chi connectivity index (χ3v) is 2.31. The van der Waals surface area contributed by atoms with Crippen LogP contribution in [0, 0.1) is 0 Å². The molecule has 5 heteroatoms. The molecular weight excluding hydrogens is 230 g/mol. The summed E-state index contributed by atoms with van der Waals surface area (Å²) in [7, 11) is 0. The Kier molecular flexibility index (Phi) is 5.87. The van der Waals surface area contributed by atoms with Gasteiger partial charge in [0.1, 0.15) is 0 Å². The van der Waals surface area contributed by atoms with Gasteiger partial charge in [0.25, 0.3) is 0 Å². The molecule has 3 N–H and O–H groups in total. The molecule has 1 aromatic rings. The van der Waals surface area contributed by atoms with Gasteiger partial charge < -0.3 is 16.0 Å². The highest BCUT2D eigenvalue weighted by atomic mass is 16.2. The average Bonchev–Trinajstić information content (AvgIpc) is 2.38. The number of carbonyl (C=O) groups is 2. The fourth-order valence-electron chi connectivity index (χ4n) is 1.33. The van der Waals surface area contributed by atoms with E-state index in [9.17, 15) is 9.59 Å². The summed E-state index contributed by atoms with van der Waals surface area (Å²) in [5, 5.41) is 8.44. The summed E-state index contributed by atoms with van der Waals surface area (Å²) in [6.07, 6.45) is 0.446. The number of rotatable bonds is 6. The zero-order valence-electron chi connectivity index (χ0n) is 10.7. The number of hydrogen-bond donors (Lipinski definition) is 3. The van der Waals surface area contributed by atoms with Crippen molar-refractivity contribution in [2.45, 2.75) is 20.3 Å². The SMILES string of the molecule is CCNCC(=O)Nc1ccc(NC(=O)CC)cc1. The molecule has 98 valence electrons. The van der Waals surface area contributed by atoms with E-state index in [2.05, 4.69) is 16.0 Å². The number of carbonyl (C=O) groups excluding carboxylic acids is 2. The Labute approximate surface area is 107 Å². The van der Waals surface area contributed by atoms with Crippen LogP contribution < -0.4 is 16.0 Å². The number of benzene rings is 1. The molecule has 0 saturated heterocycles. The molecule has 2 amide bonds. The van der Waals surface area contributed by atoms with E-state index in [4.69, 9.17) is 0 Å². The lowest BCUT2D eigenvalue weighted by molar-refractivity contribution is -0.116. The Balaban J connectivity index is 2.49. The van der Waals surface area contributed by atoms with Crippen LogP contribution in [-0.4, -0.2) is 24.9 Å². The van der Waals surface area contributed by atoms with E-state index >= 15 is 0 Å². The molecule has 0 radical (unpaired) electrons. The molecule has 0 atom stereocenters. The number of anilines is 2. The van der Waals surface area contributed by atoms with Gasteiger partial charge in [-0.2, -0.15) is 0 Å². The first-order valence-corrected chi connectivity index (χ1v) is 6.06. The molecule has 0 fully saturated rings. The smallest absolute Gasteiger partial charge is 0.238 e. The highest BCUT2D eigenvalue weighted by molar-refractivity contribution is 5.93. The zero-order valence-corrected chi connectivity index (χ0v) is 10.7. The normalized spacial score (nSPS) is 9.89. The minimum absolute atomic E-state index is 0.0288. The molecule has 1 aromatic carbocycles. The third-order valence-electron chi connectivity index (χ3n) is 2.31. The topological polar surface area (TPSA) is 70.2 Å². The van der Waals surface area contributed by atoms with Crippen molar-refractivity contribution in [1.29, 1.82) is 0 Å². The molecular formula is C13H19N3O2. The summed E-state index contributed by atoms with van der Waals surface area (Å²) in [6, 6.07) is 7.04. The van der Waals surface area contributed by atoms with Crippen LogP contribution in [0.25, 0.3) is 0 Å². The summed E-state index contributed by atoms with van der Waals surface area (Å²) >= 11 is 0. The first-order valence-electron chi connectivity index (χ1n) is 6.06. The third kappa shape index (κ3) is 4.97. The van der Waals surface area contributed by atoms with E-state index in [1.807, 2.05) is 6.92 Å². The summed E-state index contributed by atoms with van der Waals surface area (Å²) in [5.41, 5.74) is 1.44. The van der Waals surface area contributed by atoms with Crippen molar-refractivity contribution in [2.24, 2.45) is 0 Å². The molecule has 0 aromatic heterocycles. The Morgan fingerprint density at radius 1 is 0.944 bits per heavy atom. The minimum atomic E-state index is -0.0813. The van der Waals surface area contributed by atoms with E-state index in [1.54, 1.807) is 31.2 Å². The predicted octanol–water partition coefficient (Wildman–Crippen LogP) is 1.58. The molecule has 0 unspecified atom stereocenters. The van der Waals surface area contributed by atoms with Crippen molar-refractivity contribution in [3.63, 3.8) is 0 Å². The first kappa shape index (κ1) is 14.2. The van der Waals surface area contributed by atoms with Crippen molar-refractivity contribution in [1.82, 2.24) is 5.32 Å². The quantitative estimate of drug-likeness (QED) is 0.717. The number of likely N-dealkylation sites (N-methyl/N-ethyl adjacent to an activating group) is 1. The Morgan fingerprint density at radius 3 is 1.89 bits per heavy atom. The van der Waals surface area contributed by atoms with Crippen molar-refractivity contribution in [3.05, 3.63) is 24.3 Å². The first-order chi connectivity index (χ1) is 8.65. The van der Waals surface area contributed by atoms with Gasteiger partial charge in [-0.25, -0.2) is 0 Å². The molecule has 0 aliphatic heterocycles. The highest BCUT2D eigenvalue weighted by Gasteiger charge is 2.02. The van der Waals surface area contributed by atoms with E-state index in [0.29, 0.717) is 18.7 Å². The van der Waals surface area contributed by atoms with Crippen molar-refractivity contribution in [3.8, 4) is 0 Å². The molecule has 0 aliphatic carbocycles. The van der Waals surface area contributed by atoms with Gasteiger partial charge >= 0.3 is 0 Å². The fraction of sp³-hybridized carbons (Fsp3) is 0.385. The van der Waals surface area contributed by atoms with E-state index in [-0.39, 0.29) is 11.8 Å². The van der Waals surface area contributed by atoms with Crippen LogP contribution in [0.15, 0.2) is 24.3 Å². The van der Waals surface area contributed by atoms with Crippen LogP contribution in [0.5, 0.6) is 0 Å². The largest absolute Gasteiger partial charge is 0.326 e. The number of hydrogen-bond acceptors (Lipinski definition) is 3. The lowest BCUT2D eigenvalue weighted by Gasteiger charge is -2.07. The molecule has 0 aliphatic rings. The second-order valence-corrected chi connectivity index (χ2v) is 3.81. The number of nitrogens with one attached hydrogen (secondary N) is 3. The molecule has 1 rings (SSSR count). The second kappa shape index (κ2) is 7.45. The summed E-state index contributed by atoms with van der Waals surface area (Å²) < 4.78 is 0. The van der Waals surface area contributed by atoms with Crippen molar-refractivity contribution >= 4 is 23.2 Å². The second-order valence-electron chi connectivity index (χ2n) is 3.81. The van der Waals surface area contributed by atoms with Gasteiger partial charge in [-0.05, 0) is 30.8 Å². The van der Waals surface area contributed by atoms with Crippen LogP contribution in [0.4, 0.5) is 11.4 Å². The molecule has 0 bridgehead atoms. The van der Waals surface area contributed by atoms with E-state index in [0.717, 1.165) is 12.2 Å². The van der Waals surface area contributed by atoms with Gasteiger partial charge in [-0.15, -0.1) is 0 Å². The Hall–Kier alpha value is -1.88. The van der Waals surface area contributed by atoms with Gasteiger partial charge in [0, 0.05) is 17.8 Å². The van der Waals surface area contributed by atoms with Gasteiger partial charge in [0.15, 0.2) is 0 Å². The summed E-state index contributed by atoms with van der Waals surface area (Å²) in [4.78, 5) is 22.6. The average molecular weight is 249 g/mol. The van der Waals surface area contributed by atoms with Crippen molar-refractivity contribution < 1.29 is 9.59 Å². The number of amides is 2. The van der Waals surface area contributed by atoms with Gasteiger partial charge in [-0.3, -0.25) is 9.59 Å². The van der Waals surface area contributed by atoms with Crippen LogP contribution in [-0.2, 0) is 9.59 Å². The monoisotopic (exact) mass is 249 g/mol. The minimum Gasteiger partial charge on any atom is -0.326 e. The molecule has 0 spiro atoms. The van der Waals surface area contributed by atoms with Crippen molar-refractivity contribution in [2.75, 3.05) is 23.7 Å². The Morgan fingerprint density at radius 2 is 1.44 bits per heavy atom. The Bertz CT molecular complexity index is 401. The summed E-state index contributed by atoms with van der Waals surface area (Å²) in [6.45, 7) is 4.80. The predicted molar refractivity (Wildman–Crippen MR) is 72.5 cm³/mol. The van der Waals surface area contributed by atoms with E-state index < -0.39 is 0 Å². The fourth-order valence-corrected chi connectivity index (χ4v) is 1.33. The highest BCUT2D eigenvalue weighted by Crippen LogP contribution is 2.13. The molecule has 0 saturated carbocycles. The molecule has 18 heavy (non-hydrogen) atoms. The van der Waals surface area contributed by atoms with Gasteiger partial charge in [0.2, 0.25) is 11.8 Å². The van der Waals surface area contributed by atoms with E-state index in [1.165, 1.54) is 0 Å². The van der Waals surface area contributed by atoms with Crippen LogP contribution in [0.1, 0.15) is 20.3 Å². The lowest BCUT2D eigenvalue weighted by atomic mass is 10.2. The summed E-state index contributed by atoms with van der Waals surface area (Å²) in [5.74, 6) is -0.110. The van der Waals surface area contributed by atoms with Gasteiger partial charge in [-0.1, -0.05) is 13.8 Å². The molecule has 0 heterocycles. The molecule has 5 nitrogen and oxygen atoms in total. The van der Waals surface area contributed by atoms with Gasteiger partial charge in [0.05, 0.1) is 6.54 Å².